The van der Waals surface area contributed by atoms with Crippen molar-refractivity contribution in [2.45, 2.75) is 76.4 Å². The molecule has 2 aliphatic heterocycles. The molecule has 1 aromatic rings. The molecule has 166 valence electrons. The number of unbranched alkanes of at least 4 members (excludes halogenated alkanes) is 1. The van der Waals surface area contributed by atoms with Gasteiger partial charge in [0.1, 0.15) is 0 Å². The molecule has 4 rings (SSSR count). The lowest BCUT2D eigenvalue weighted by Gasteiger charge is -2.55. The smallest absolute Gasteiger partial charge is 0.227 e. The number of rotatable bonds is 6. The van der Waals surface area contributed by atoms with Crippen LogP contribution in [0.5, 0.6) is 0 Å². The summed E-state index contributed by atoms with van der Waals surface area (Å²) in [7, 11) is 0. The van der Waals surface area contributed by atoms with Crippen molar-refractivity contribution < 1.29 is 4.79 Å². The molecule has 1 amide bonds. The standard InChI is InChI=1S/C24H35Cl2N3O/c1-2-3-11-28-14-15-29(23(30)17-18-9-10-19(25)20(26)16-18)24-21(7-6-8-22(24)28)27-12-4-5-13-27/h9-10,16,21-22,24H,2-8,11-15,17H2,1H3/t21-,22-,24+/m1/s1. The van der Waals surface area contributed by atoms with E-state index >= 15 is 0 Å². The summed E-state index contributed by atoms with van der Waals surface area (Å²) in [4.78, 5) is 21.1. The Balaban J connectivity index is 1.55. The SMILES string of the molecule is CCCCN1CCN(C(=O)Cc2ccc(Cl)c(Cl)c2)[C@H]2[C@H](N3CCCC3)CCC[C@H]21. The topological polar surface area (TPSA) is 26.8 Å². The predicted molar refractivity (Wildman–Crippen MR) is 124 cm³/mol. The molecule has 1 aliphatic carbocycles. The van der Waals surface area contributed by atoms with Crippen LogP contribution in [0.4, 0.5) is 0 Å². The van der Waals surface area contributed by atoms with Crippen molar-refractivity contribution >= 4 is 29.1 Å². The van der Waals surface area contributed by atoms with Gasteiger partial charge in [0.05, 0.1) is 22.5 Å². The maximum absolute atomic E-state index is 13.5. The second-order valence-electron chi connectivity index (χ2n) is 9.20. The fraction of sp³-hybridized carbons (Fsp3) is 0.708. The van der Waals surface area contributed by atoms with Gasteiger partial charge in [-0.15, -0.1) is 0 Å². The lowest BCUT2D eigenvalue weighted by molar-refractivity contribution is -0.142. The van der Waals surface area contributed by atoms with Crippen molar-refractivity contribution in [1.29, 1.82) is 0 Å². The average Bonchev–Trinajstić information content (AvgIpc) is 3.29. The normalized spacial score (nSPS) is 28.0. The van der Waals surface area contributed by atoms with Crippen LogP contribution in [-0.4, -0.2) is 71.5 Å². The van der Waals surface area contributed by atoms with Crippen molar-refractivity contribution in [1.82, 2.24) is 14.7 Å². The van der Waals surface area contributed by atoms with Crippen LogP contribution in [0.15, 0.2) is 18.2 Å². The van der Waals surface area contributed by atoms with Crippen LogP contribution in [0.25, 0.3) is 0 Å². The van der Waals surface area contributed by atoms with Gasteiger partial charge in [-0.1, -0.05) is 49.0 Å². The molecule has 0 unspecified atom stereocenters. The zero-order chi connectivity index (χ0) is 21.1. The van der Waals surface area contributed by atoms with Gasteiger partial charge >= 0.3 is 0 Å². The summed E-state index contributed by atoms with van der Waals surface area (Å²) in [6, 6.07) is 6.90. The summed E-state index contributed by atoms with van der Waals surface area (Å²) in [6.07, 6.45) is 9.18. The monoisotopic (exact) mass is 451 g/mol. The largest absolute Gasteiger partial charge is 0.335 e. The Bertz CT molecular complexity index is 737. The van der Waals surface area contributed by atoms with Gasteiger partial charge in [-0.05, 0) is 69.4 Å². The van der Waals surface area contributed by atoms with Gasteiger partial charge in [0.15, 0.2) is 0 Å². The lowest BCUT2D eigenvalue weighted by atomic mass is 9.81. The van der Waals surface area contributed by atoms with Gasteiger partial charge in [0, 0.05) is 25.2 Å². The molecule has 3 aliphatic rings. The van der Waals surface area contributed by atoms with Gasteiger partial charge in [0.2, 0.25) is 5.91 Å². The van der Waals surface area contributed by atoms with Crippen LogP contribution in [0.2, 0.25) is 10.0 Å². The molecule has 0 spiro atoms. The number of hydrogen-bond donors (Lipinski definition) is 0. The fourth-order valence-electron chi connectivity index (χ4n) is 5.83. The van der Waals surface area contributed by atoms with Crippen LogP contribution >= 0.6 is 23.2 Å². The van der Waals surface area contributed by atoms with Crippen molar-refractivity contribution in [3.63, 3.8) is 0 Å². The number of benzene rings is 1. The van der Waals surface area contributed by atoms with Gasteiger partial charge in [-0.25, -0.2) is 0 Å². The second-order valence-corrected chi connectivity index (χ2v) is 10.0. The summed E-state index contributed by atoms with van der Waals surface area (Å²) in [5, 5.41) is 1.07. The second kappa shape index (κ2) is 10.2. The Morgan fingerprint density at radius 3 is 2.50 bits per heavy atom. The quantitative estimate of drug-likeness (QED) is 0.617. The van der Waals surface area contributed by atoms with E-state index in [4.69, 9.17) is 23.2 Å². The third-order valence-electron chi connectivity index (χ3n) is 7.31. The minimum atomic E-state index is 0.240. The molecule has 0 aromatic heterocycles. The highest BCUT2D eigenvalue weighted by atomic mass is 35.5. The van der Waals surface area contributed by atoms with E-state index in [9.17, 15) is 4.79 Å². The van der Waals surface area contributed by atoms with Crippen LogP contribution in [-0.2, 0) is 11.2 Å². The number of piperazine rings is 1. The molecular formula is C24H35Cl2N3O. The van der Waals surface area contributed by atoms with E-state index in [-0.39, 0.29) is 5.91 Å². The molecule has 0 radical (unpaired) electrons. The van der Waals surface area contributed by atoms with E-state index in [2.05, 4.69) is 21.6 Å². The first-order chi connectivity index (χ1) is 14.6. The van der Waals surface area contributed by atoms with Crippen molar-refractivity contribution in [2.24, 2.45) is 0 Å². The van der Waals surface area contributed by atoms with E-state index in [1.165, 1.54) is 64.6 Å². The zero-order valence-corrected chi connectivity index (χ0v) is 19.7. The highest BCUT2D eigenvalue weighted by molar-refractivity contribution is 6.42. The minimum absolute atomic E-state index is 0.240. The molecule has 0 bridgehead atoms. The number of halogens is 2. The number of amides is 1. The highest BCUT2D eigenvalue weighted by Gasteiger charge is 2.46. The van der Waals surface area contributed by atoms with Gasteiger partial charge in [-0.2, -0.15) is 0 Å². The zero-order valence-electron chi connectivity index (χ0n) is 18.2. The van der Waals surface area contributed by atoms with Gasteiger partial charge < -0.3 is 4.90 Å². The molecule has 4 nitrogen and oxygen atoms in total. The third-order valence-corrected chi connectivity index (χ3v) is 8.05. The molecular weight excluding hydrogens is 417 g/mol. The molecule has 2 saturated heterocycles. The molecule has 30 heavy (non-hydrogen) atoms. The Morgan fingerprint density at radius 1 is 1.00 bits per heavy atom. The summed E-state index contributed by atoms with van der Waals surface area (Å²) in [6.45, 7) is 7.66. The summed E-state index contributed by atoms with van der Waals surface area (Å²) in [5.41, 5.74) is 0.952. The highest BCUT2D eigenvalue weighted by Crippen LogP contribution is 2.35. The molecule has 2 heterocycles. The molecule has 3 atom stereocenters. The van der Waals surface area contributed by atoms with Crippen molar-refractivity contribution in [3.05, 3.63) is 33.8 Å². The Morgan fingerprint density at radius 2 is 1.77 bits per heavy atom. The van der Waals surface area contributed by atoms with E-state index in [0.717, 1.165) is 18.7 Å². The Labute approximate surface area is 191 Å². The number of carbonyl (C=O) groups is 1. The van der Waals surface area contributed by atoms with Crippen LogP contribution in [0.3, 0.4) is 0 Å². The van der Waals surface area contributed by atoms with Crippen LogP contribution in [0, 0.1) is 0 Å². The first kappa shape index (κ1) is 22.4. The number of likely N-dealkylation sites (tertiary alicyclic amines) is 1. The lowest BCUT2D eigenvalue weighted by Crippen LogP contribution is -2.68. The Hall–Kier alpha value is -0.810. The van der Waals surface area contributed by atoms with Crippen LogP contribution < -0.4 is 0 Å². The maximum atomic E-state index is 13.5. The van der Waals surface area contributed by atoms with E-state index < -0.39 is 0 Å². The molecule has 0 N–H and O–H groups in total. The third kappa shape index (κ3) is 4.82. The number of hydrogen-bond acceptors (Lipinski definition) is 3. The number of nitrogens with zero attached hydrogens (tertiary/aromatic N) is 3. The minimum Gasteiger partial charge on any atom is -0.335 e. The van der Waals surface area contributed by atoms with Crippen molar-refractivity contribution in [3.8, 4) is 0 Å². The number of fused-ring (bicyclic) bond motifs is 1. The predicted octanol–water partition coefficient (Wildman–Crippen LogP) is 4.87. The van der Waals surface area contributed by atoms with E-state index in [1.807, 2.05) is 12.1 Å². The molecule has 6 heteroatoms. The first-order valence-electron chi connectivity index (χ1n) is 11.8. The summed E-state index contributed by atoms with van der Waals surface area (Å²) in [5.74, 6) is 0.240. The number of carbonyl (C=O) groups excluding carboxylic acids is 1. The Kier molecular flexibility index (Phi) is 7.62. The summed E-state index contributed by atoms with van der Waals surface area (Å²) >= 11 is 12.3. The fourth-order valence-corrected chi connectivity index (χ4v) is 6.15. The van der Waals surface area contributed by atoms with Crippen LogP contribution in [0.1, 0.15) is 57.4 Å². The van der Waals surface area contributed by atoms with E-state index in [1.54, 1.807) is 6.07 Å². The maximum Gasteiger partial charge on any atom is 0.227 e. The van der Waals surface area contributed by atoms with Crippen molar-refractivity contribution in [2.75, 3.05) is 32.7 Å². The average molecular weight is 452 g/mol. The molecule has 3 fully saturated rings. The molecule has 1 aromatic carbocycles. The summed E-state index contributed by atoms with van der Waals surface area (Å²) < 4.78 is 0. The van der Waals surface area contributed by atoms with Gasteiger partial charge in [0.25, 0.3) is 0 Å². The van der Waals surface area contributed by atoms with E-state index in [0.29, 0.717) is 34.6 Å². The van der Waals surface area contributed by atoms with Gasteiger partial charge in [-0.3, -0.25) is 14.6 Å². The first-order valence-corrected chi connectivity index (χ1v) is 12.6. The molecule has 1 saturated carbocycles.